The van der Waals surface area contributed by atoms with Crippen LogP contribution in [0.3, 0.4) is 0 Å². The predicted octanol–water partition coefficient (Wildman–Crippen LogP) is 0.494. The van der Waals surface area contributed by atoms with Gasteiger partial charge < -0.3 is 4.74 Å². The van der Waals surface area contributed by atoms with E-state index >= 15 is 0 Å². The van der Waals surface area contributed by atoms with Crippen molar-refractivity contribution in [2.24, 2.45) is 7.05 Å². The molecule has 5 nitrogen and oxygen atoms in total. The minimum absolute atomic E-state index is 0.00137. The minimum Gasteiger partial charge on any atom is -0.378 e. The van der Waals surface area contributed by atoms with Crippen LogP contribution in [-0.2, 0) is 27.4 Å². The summed E-state index contributed by atoms with van der Waals surface area (Å²) in [6, 6.07) is 0. The van der Waals surface area contributed by atoms with Crippen LogP contribution in [0.5, 0.6) is 0 Å². The number of ether oxygens (including phenoxy) is 1. The van der Waals surface area contributed by atoms with E-state index in [-0.39, 0.29) is 11.5 Å². The van der Waals surface area contributed by atoms with Gasteiger partial charge in [-0.15, -0.1) is 0 Å². The van der Waals surface area contributed by atoms with Gasteiger partial charge in [0.2, 0.25) is 0 Å². The van der Waals surface area contributed by atoms with Crippen molar-refractivity contribution in [1.29, 1.82) is 0 Å². The second-order valence-electron chi connectivity index (χ2n) is 2.48. The molecule has 7 heteroatoms. The van der Waals surface area contributed by atoms with Gasteiger partial charge in [-0.05, 0) is 0 Å². The molecule has 0 aromatic carbocycles. The molecule has 0 N–H and O–H groups in total. The summed E-state index contributed by atoms with van der Waals surface area (Å²) in [5.41, 5.74) is 0.319. The van der Waals surface area contributed by atoms with Crippen molar-refractivity contribution in [2.75, 3.05) is 7.11 Å². The fraction of sp³-hybridized carbons (Fsp3) is 0.500. The number of rotatable bonds is 3. The molecule has 13 heavy (non-hydrogen) atoms. The molecule has 0 spiro atoms. The number of hydrogen-bond acceptors (Lipinski definition) is 4. The molecule has 1 aromatic rings. The highest BCUT2D eigenvalue weighted by molar-refractivity contribution is 8.13. The van der Waals surface area contributed by atoms with Gasteiger partial charge in [0, 0.05) is 31.0 Å². The summed E-state index contributed by atoms with van der Waals surface area (Å²) in [6.45, 7) is 0.127. The summed E-state index contributed by atoms with van der Waals surface area (Å²) in [6.07, 6.45) is 1.34. The average Bonchev–Trinajstić information content (AvgIpc) is 2.30. The van der Waals surface area contributed by atoms with Gasteiger partial charge >= 0.3 is 0 Å². The second-order valence-corrected chi connectivity index (χ2v) is 5.02. The molecule has 0 amide bonds. The molecule has 0 aliphatic rings. The molecule has 0 saturated carbocycles. The van der Waals surface area contributed by atoms with Crippen molar-refractivity contribution in [3.8, 4) is 0 Å². The van der Waals surface area contributed by atoms with Crippen LogP contribution in [0, 0.1) is 0 Å². The van der Waals surface area contributed by atoms with Gasteiger partial charge in [-0.3, -0.25) is 4.68 Å². The largest absolute Gasteiger partial charge is 0.378 e. The molecule has 0 bridgehead atoms. The highest BCUT2D eigenvalue weighted by Crippen LogP contribution is 2.18. The first-order chi connectivity index (χ1) is 5.95. The molecule has 0 radical (unpaired) electrons. The maximum atomic E-state index is 11.0. The molecule has 0 saturated heterocycles. The quantitative estimate of drug-likeness (QED) is 0.702. The van der Waals surface area contributed by atoms with Crippen molar-refractivity contribution in [2.45, 2.75) is 11.5 Å². The smallest absolute Gasteiger partial charge is 0.264 e. The number of nitrogens with zero attached hydrogens (tertiary/aromatic N) is 2. The topological polar surface area (TPSA) is 61.2 Å². The fourth-order valence-electron chi connectivity index (χ4n) is 0.953. The van der Waals surface area contributed by atoms with E-state index in [4.69, 9.17) is 15.4 Å². The van der Waals surface area contributed by atoms with Crippen molar-refractivity contribution in [1.82, 2.24) is 9.78 Å². The lowest BCUT2D eigenvalue weighted by atomic mass is 10.5. The van der Waals surface area contributed by atoms with E-state index in [0.29, 0.717) is 5.69 Å². The molecule has 0 fully saturated rings. The minimum atomic E-state index is -3.73. The van der Waals surface area contributed by atoms with E-state index in [1.54, 1.807) is 7.05 Å². The third-order valence-electron chi connectivity index (χ3n) is 1.41. The number of methoxy groups -OCH3 is 1. The van der Waals surface area contributed by atoms with Gasteiger partial charge in [0.15, 0.2) is 0 Å². The molecule has 1 aromatic heterocycles. The maximum Gasteiger partial charge on any atom is 0.264 e. The maximum absolute atomic E-state index is 11.0. The molecule has 74 valence electrons. The first-order valence-corrected chi connectivity index (χ1v) is 5.72. The Morgan fingerprint density at radius 2 is 2.31 bits per heavy atom. The standard InChI is InChI=1S/C6H9ClN2O3S/c1-9-3-6(13(7,10)11)5(8-9)4-12-2/h3H,4H2,1-2H3. The van der Waals surface area contributed by atoms with E-state index in [1.807, 2.05) is 0 Å². The van der Waals surface area contributed by atoms with Crippen LogP contribution in [0.15, 0.2) is 11.1 Å². The average molecular weight is 225 g/mol. The lowest BCUT2D eigenvalue weighted by molar-refractivity contribution is 0.179. The van der Waals surface area contributed by atoms with Gasteiger partial charge in [0.05, 0.1) is 6.61 Å². The number of aromatic nitrogens is 2. The van der Waals surface area contributed by atoms with Crippen LogP contribution < -0.4 is 0 Å². The molecule has 0 atom stereocenters. The van der Waals surface area contributed by atoms with Gasteiger partial charge in [0.1, 0.15) is 10.6 Å². The molecular weight excluding hydrogens is 216 g/mol. The van der Waals surface area contributed by atoms with Crippen LogP contribution >= 0.6 is 10.7 Å². The SMILES string of the molecule is COCc1nn(C)cc1S(=O)(=O)Cl. The summed E-state index contributed by atoms with van der Waals surface area (Å²) < 4.78 is 28.2. The van der Waals surface area contributed by atoms with Crippen LogP contribution in [0.4, 0.5) is 0 Å². The number of halogens is 1. The molecule has 0 aliphatic heterocycles. The normalized spacial score (nSPS) is 11.9. The van der Waals surface area contributed by atoms with Crippen molar-refractivity contribution < 1.29 is 13.2 Å². The van der Waals surface area contributed by atoms with E-state index in [2.05, 4.69) is 5.10 Å². The van der Waals surface area contributed by atoms with E-state index in [9.17, 15) is 8.42 Å². The van der Waals surface area contributed by atoms with Gasteiger partial charge in [-0.2, -0.15) is 5.10 Å². The summed E-state index contributed by atoms with van der Waals surface area (Å²) in [5, 5.41) is 3.89. The third kappa shape index (κ3) is 2.43. The Labute approximate surface area is 80.7 Å². The Hall–Kier alpha value is -0.590. The fourth-order valence-corrected chi connectivity index (χ4v) is 2.00. The Kier molecular flexibility index (Phi) is 2.94. The lowest BCUT2D eigenvalue weighted by Gasteiger charge is -1.95. The molecule has 1 heterocycles. The molecule has 1 rings (SSSR count). The molecular formula is C6H9ClN2O3S. The Balaban J connectivity index is 3.20. The van der Waals surface area contributed by atoms with E-state index < -0.39 is 9.05 Å². The first kappa shape index (κ1) is 10.5. The van der Waals surface area contributed by atoms with Gasteiger partial charge in [-0.1, -0.05) is 0 Å². The Morgan fingerprint density at radius 3 is 2.77 bits per heavy atom. The highest BCUT2D eigenvalue weighted by Gasteiger charge is 2.18. The zero-order valence-electron chi connectivity index (χ0n) is 7.19. The van der Waals surface area contributed by atoms with Gasteiger partial charge in [-0.25, -0.2) is 8.42 Å². The Morgan fingerprint density at radius 1 is 1.69 bits per heavy atom. The number of aryl methyl sites for hydroxylation is 1. The van der Waals surface area contributed by atoms with Crippen molar-refractivity contribution in [3.05, 3.63) is 11.9 Å². The van der Waals surface area contributed by atoms with E-state index in [1.165, 1.54) is 18.0 Å². The van der Waals surface area contributed by atoms with Crippen molar-refractivity contribution in [3.63, 3.8) is 0 Å². The number of hydrogen-bond donors (Lipinski definition) is 0. The third-order valence-corrected chi connectivity index (χ3v) is 2.78. The summed E-state index contributed by atoms with van der Waals surface area (Å²) in [4.78, 5) is -0.00137. The van der Waals surface area contributed by atoms with Crippen LogP contribution in [-0.4, -0.2) is 25.3 Å². The summed E-state index contributed by atoms with van der Waals surface area (Å²) in [7, 11) is 4.52. The van der Waals surface area contributed by atoms with Gasteiger partial charge in [0.25, 0.3) is 9.05 Å². The lowest BCUT2D eigenvalue weighted by Crippen LogP contribution is -1.97. The summed E-state index contributed by atoms with van der Waals surface area (Å²) >= 11 is 0. The van der Waals surface area contributed by atoms with Crippen LogP contribution in [0.2, 0.25) is 0 Å². The van der Waals surface area contributed by atoms with Crippen molar-refractivity contribution >= 4 is 19.7 Å². The van der Waals surface area contributed by atoms with E-state index in [0.717, 1.165) is 0 Å². The van der Waals surface area contributed by atoms with Crippen LogP contribution in [0.1, 0.15) is 5.69 Å². The monoisotopic (exact) mass is 224 g/mol. The molecule has 0 unspecified atom stereocenters. The zero-order chi connectivity index (χ0) is 10.1. The zero-order valence-corrected chi connectivity index (χ0v) is 8.76. The predicted molar refractivity (Wildman–Crippen MR) is 47.0 cm³/mol. The summed E-state index contributed by atoms with van der Waals surface area (Å²) in [5.74, 6) is 0. The second kappa shape index (κ2) is 3.65. The molecule has 0 aliphatic carbocycles. The first-order valence-electron chi connectivity index (χ1n) is 3.41. The van der Waals surface area contributed by atoms with Crippen LogP contribution in [0.25, 0.3) is 0 Å². The highest BCUT2D eigenvalue weighted by atomic mass is 35.7. The Bertz CT molecular complexity index is 398.